The summed E-state index contributed by atoms with van der Waals surface area (Å²) in [4.78, 5) is 27.7. The third-order valence-electron chi connectivity index (χ3n) is 6.68. The lowest BCUT2D eigenvalue weighted by molar-refractivity contribution is -0.130. The Balaban J connectivity index is 1.31. The van der Waals surface area contributed by atoms with Crippen molar-refractivity contribution in [2.24, 2.45) is 0 Å². The number of anilines is 3. The molecule has 0 unspecified atom stereocenters. The van der Waals surface area contributed by atoms with E-state index in [1.165, 1.54) is 0 Å². The number of hydrogen-bond donors (Lipinski definition) is 2. The highest BCUT2D eigenvalue weighted by Crippen LogP contribution is 2.26. The van der Waals surface area contributed by atoms with Gasteiger partial charge in [-0.05, 0) is 53.4 Å². The first kappa shape index (κ1) is 24.7. The zero-order chi connectivity index (χ0) is 24.1. The van der Waals surface area contributed by atoms with Crippen molar-refractivity contribution in [3.8, 4) is 0 Å². The van der Waals surface area contributed by atoms with Gasteiger partial charge in [-0.2, -0.15) is 10.1 Å². The van der Waals surface area contributed by atoms with Crippen molar-refractivity contribution in [1.29, 1.82) is 0 Å². The quantitative estimate of drug-likeness (QED) is 0.546. The SMILES string of the molecule is Cc1nn(C2CCN(C)CC2)cc1Nc1ncc(Cl)c(NCCCN2CCN(C)CCC2=O)n1. The minimum atomic E-state index is 0.229. The topological polar surface area (TPSA) is 94.5 Å². The third kappa shape index (κ3) is 6.37. The third-order valence-corrected chi connectivity index (χ3v) is 6.95. The van der Waals surface area contributed by atoms with Gasteiger partial charge in [0.25, 0.3) is 0 Å². The van der Waals surface area contributed by atoms with Crippen molar-refractivity contribution >= 4 is 35.0 Å². The fourth-order valence-electron chi connectivity index (χ4n) is 4.41. The average Bonchev–Trinajstić information content (AvgIpc) is 3.10. The molecule has 11 heteroatoms. The molecule has 34 heavy (non-hydrogen) atoms. The Hall–Kier alpha value is -2.43. The van der Waals surface area contributed by atoms with Gasteiger partial charge >= 0.3 is 0 Å². The number of hydrogen-bond acceptors (Lipinski definition) is 8. The number of nitrogens with zero attached hydrogens (tertiary/aromatic N) is 7. The Morgan fingerprint density at radius 1 is 1.12 bits per heavy atom. The summed E-state index contributed by atoms with van der Waals surface area (Å²) in [5.41, 5.74) is 1.82. The maximum Gasteiger partial charge on any atom is 0.229 e. The van der Waals surface area contributed by atoms with Gasteiger partial charge in [0.05, 0.1) is 23.6 Å². The van der Waals surface area contributed by atoms with E-state index < -0.39 is 0 Å². The van der Waals surface area contributed by atoms with Crippen LogP contribution in [0.5, 0.6) is 0 Å². The van der Waals surface area contributed by atoms with Crippen LogP contribution < -0.4 is 10.6 Å². The van der Waals surface area contributed by atoms with Gasteiger partial charge in [-0.15, -0.1) is 0 Å². The number of likely N-dealkylation sites (N-methyl/N-ethyl adjacent to an activating group) is 1. The summed E-state index contributed by atoms with van der Waals surface area (Å²) >= 11 is 6.33. The van der Waals surface area contributed by atoms with Crippen LogP contribution in [0.2, 0.25) is 5.02 Å². The maximum atomic E-state index is 12.3. The van der Waals surface area contributed by atoms with Crippen molar-refractivity contribution in [1.82, 2.24) is 34.4 Å². The molecule has 186 valence electrons. The number of carbonyl (C=O) groups is 1. The van der Waals surface area contributed by atoms with Crippen LogP contribution in [-0.2, 0) is 4.79 Å². The second kappa shape index (κ2) is 11.3. The summed E-state index contributed by atoms with van der Waals surface area (Å²) in [7, 11) is 4.22. The van der Waals surface area contributed by atoms with E-state index in [0.29, 0.717) is 35.8 Å². The lowest BCUT2D eigenvalue weighted by Gasteiger charge is -2.28. The molecule has 1 amide bonds. The van der Waals surface area contributed by atoms with E-state index in [9.17, 15) is 4.79 Å². The first-order chi connectivity index (χ1) is 16.4. The molecule has 2 N–H and O–H groups in total. The van der Waals surface area contributed by atoms with Crippen molar-refractivity contribution in [2.45, 2.75) is 38.6 Å². The summed E-state index contributed by atoms with van der Waals surface area (Å²) < 4.78 is 2.07. The minimum Gasteiger partial charge on any atom is -0.369 e. The smallest absolute Gasteiger partial charge is 0.229 e. The number of likely N-dealkylation sites (tertiary alicyclic amines) is 1. The van der Waals surface area contributed by atoms with E-state index in [2.05, 4.69) is 49.2 Å². The van der Waals surface area contributed by atoms with Gasteiger partial charge < -0.3 is 25.3 Å². The van der Waals surface area contributed by atoms with Gasteiger partial charge in [-0.3, -0.25) is 9.48 Å². The highest BCUT2D eigenvalue weighted by Gasteiger charge is 2.21. The van der Waals surface area contributed by atoms with Crippen molar-refractivity contribution in [2.75, 3.05) is 70.5 Å². The number of carbonyl (C=O) groups excluding carboxylic acids is 1. The van der Waals surface area contributed by atoms with Crippen LogP contribution in [-0.4, -0.2) is 100 Å². The molecule has 0 bridgehead atoms. The van der Waals surface area contributed by atoms with Gasteiger partial charge in [0, 0.05) is 45.3 Å². The molecule has 4 rings (SSSR count). The zero-order valence-corrected chi connectivity index (χ0v) is 21.2. The van der Waals surface area contributed by atoms with E-state index in [-0.39, 0.29) is 5.91 Å². The zero-order valence-electron chi connectivity index (χ0n) is 20.4. The molecule has 2 aromatic rings. The molecule has 2 saturated heterocycles. The highest BCUT2D eigenvalue weighted by atomic mass is 35.5. The van der Waals surface area contributed by atoms with Crippen LogP contribution in [0.25, 0.3) is 0 Å². The Kier molecular flexibility index (Phi) is 8.23. The van der Waals surface area contributed by atoms with E-state index in [1.54, 1.807) is 6.20 Å². The Bertz CT molecular complexity index is 973. The second-order valence-corrected chi connectivity index (χ2v) is 9.78. The molecule has 4 heterocycles. The molecule has 2 aromatic heterocycles. The van der Waals surface area contributed by atoms with Crippen LogP contribution in [0.15, 0.2) is 12.4 Å². The summed E-state index contributed by atoms with van der Waals surface area (Å²) in [5.74, 6) is 1.29. The molecule has 0 atom stereocenters. The predicted octanol–water partition coefficient (Wildman–Crippen LogP) is 2.61. The molecule has 2 aliphatic rings. The summed E-state index contributed by atoms with van der Waals surface area (Å²) in [6, 6.07) is 0.422. The number of piperidine rings is 1. The lowest BCUT2D eigenvalue weighted by Crippen LogP contribution is -2.34. The molecule has 0 spiro atoms. The maximum absolute atomic E-state index is 12.3. The Morgan fingerprint density at radius 2 is 1.88 bits per heavy atom. The first-order valence-electron chi connectivity index (χ1n) is 12.1. The second-order valence-electron chi connectivity index (χ2n) is 9.37. The summed E-state index contributed by atoms with van der Waals surface area (Å²) in [6.45, 7) is 8.09. The lowest BCUT2D eigenvalue weighted by atomic mass is 10.1. The van der Waals surface area contributed by atoms with Gasteiger partial charge in [0.15, 0.2) is 0 Å². The van der Waals surface area contributed by atoms with Crippen LogP contribution in [0.4, 0.5) is 17.5 Å². The molecular formula is C23H36ClN9O. The fourth-order valence-corrected chi connectivity index (χ4v) is 4.57. The predicted molar refractivity (Wildman–Crippen MR) is 135 cm³/mol. The molecule has 10 nitrogen and oxygen atoms in total. The van der Waals surface area contributed by atoms with E-state index >= 15 is 0 Å². The van der Waals surface area contributed by atoms with Crippen LogP contribution in [0, 0.1) is 6.92 Å². The van der Waals surface area contributed by atoms with Gasteiger partial charge in [-0.1, -0.05) is 11.6 Å². The molecule has 2 aliphatic heterocycles. The average molecular weight is 490 g/mol. The highest BCUT2D eigenvalue weighted by molar-refractivity contribution is 6.32. The largest absolute Gasteiger partial charge is 0.369 e. The monoisotopic (exact) mass is 489 g/mol. The Morgan fingerprint density at radius 3 is 2.68 bits per heavy atom. The minimum absolute atomic E-state index is 0.229. The van der Waals surface area contributed by atoms with Crippen molar-refractivity contribution in [3.63, 3.8) is 0 Å². The molecule has 2 fully saturated rings. The van der Waals surface area contributed by atoms with Gasteiger partial charge in [-0.25, -0.2) is 4.98 Å². The van der Waals surface area contributed by atoms with Crippen LogP contribution >= 0.6 is 11.6 Å². The van der Waals surface area contributed by atoms with Crippen molar-refractivity contribution in [3.05, 3.63) is 23.1 Å². The number of nitrogens with one attached hydrogen (secondary N) is 2. The first-order valence-corrected chi connectivity index (χ1v) is 12.5. The van der Waals surface area contributed by atoms with E-state index in [1.807, 2.05) is 18.0 Å². The fraction of sp³-hybridized carbons (Fsp3) is 0.652. The Labute approximate surface area is 206 Å². The number of amides is 1. The van der Waals surface area contributed by atoms with E-state index in [0.717, 1.165) is 69.9 Å². The van der Waals surface area contributed by atoms with Crippen LogP contribution in [0.1, 0.15) is 37.4 Å². The number of aromatic nitrogens is 4. The van der Waals surface area contributed by atoms with E-state index in [4.69, 9.17) is 16.7 Å². The molecular weight excluding hydrogens is 454 g/mol. The standard InChI is InChI=1S/C23H36ClN9O/c1-17-20(16-33(29-17)18-5-10-30(2)11-6-18)27-23-26-15-19(24)22(28-23)25-8-4-9-32-14-13-31(3)12-7-21(32)34/h15-16,18H,4-14H2,1-3H3,(H2,25,26,27,28). The normalized spacial score (nSPS) is 18.8. The summed E-state index contributed by atoms with van der Waals surface area (Å²) in [6.07, 6.45) is 7.26. The number of halogens is 1. The van der Waals surface area contributed by atoms with Gasteiger partial charge in [0.2, 0.25) is 11.9 Å². The van der Waals surface area contributed by atoms with Crippen molar-refractivity contribution < 1.29 is 4.79 Å². The molecule has 0 aliphatic carbocycles. The molecule has 0 aromatic carbocycles. The molecule has 0 saturated carbocycles. The molecule has 0 radical (unpaired) electrons. The summed E-state index contributed by atoms with van der Waals surface area (Å²) in [5, 5.41) is 11.8. The number of rotatable bonds is 8. The number of aryl methyl sites for hydroxylation is 1. The van der Waals surface area contributed by atoms with Gasteiger partial charge in [0.1, 0.15) is 10.8 Å². The van der Waals surface area contributed by atoms with Crippen LogP contribution in [0.3, 0.4) is 0 Å².